The van der Waals surface area contributed by atoms with Crippen molar-refractivity contribution in [2.75, 3.05) is 10.6 Å². The molecule has 3 rings (SSSR count). The number of hydrogen-bond acceptors (Lipinski definition) is 7. The van der Waals surface area contributed by atoms with E-state index in [9.17, 15) is 8.78 Å². The summed E-state index contributed by atoms with van der Waals surface area (Å²) in [4.78, 5) is 8.43. The summed E-state index contributed by atoms with van der Waals surface area (Å²) in [5.74, 6) is -0.743. The van der Waals surface area contributed by atoms with Crippen molar-refractivity contribution in [3.05, 3.63) is 59.5 Å². The van der Waals surface area contributed by atoms with E-state index in [4.69, 9.17) is 0 Å². The second kappa shape index (κ2) is 7.48. The standard InChI is InChI=1S/C18H18F2N6O/c1-9(2)7-12(19)11(4)21-15-16(24-18-17(23-15)25-27-26-18)22-14-6-5-10(3)8-13(14)20/h7-8H,1,4-6H2,2-3H3,(H,21,23,25)(H,22,24,26)/b12-7+. The van der Waals surface area contributed by atoms with Crippen molar-refractivity contribution in [2.24, 2.45) is 0 Å². The van der Waals surface area contributed by atoms with Gasteiger partial charge in [0.15, 0.2) is 11.6 Å². The van der Waals surface area contributed by atoms with Crippen molar-refractivity contribution in [2.45, 2.75) is 26.7 Å². The normalized spacial score (nSPS) is 15.0. The zero-order chi connectivity index (χ0) is 19.6. The largest absolute Gasteiger partial charge is 0.338 e. The molecule has 0 aliphatic heterocycles. The molecule has 0 bridgehead atoms. The van der Waals surface area contributed by atoms with Gasteiger partial charge in [-0.15, -0.1) is 0 Å². The molecule has 0 radical (unpaired) electrons. The third-order valence-electron chi connectivity index (χ3n) is 3.75. The SMILES string of the molecule is C=C(C)/C=C(/F)C(=C)Nc1nc2nonc2nc1NC1=C(F)C=C(C)CC1. The van der Waals surface area contributed by atoms with E-state index < -0.39 is 11.7 Å². The lowest BCUT2D eigenvalue weighted by Gasteiger charge is -2.17. The molecular weight excluding hydrogens is 354 g/mol. The molecule has 2 aromatic rings. The van der Waals surface area contributed by atoms with E-state index >= 15 is 0 Å². The van der Waals surface area contributed by atoms with Crippen LogP contribution in [0.25, 0.3) is 11.3 Å². The van der Waals surface area contributed by atoms with Crippen LogP contribution in [0, 0.1) is 0 Å². The molecule has 0 amide bonds. The van der Waals surface area contributed by atoms with Gasteiger partial charge in [0.2, 0.25) is 11.3 Å². The zero-order valence-corrected chi connectivity index (χ0v) is 14.9. The average Bonchev–Trinajstić information content (AvgIpc) is 3.04. The van der Waals surface area contributed by atoms with Crippen molar-refractivity contribution in [1.82, 2.24) is 20.3 Å². The van der Waals surface area contributed by atoms with Crippen molar-refractivity contribution in [1.29, 1.82) is 0 Å². The van der Waals surface area contributed by atoms with Gasteiger partial charge >= 0.3 is 0 Å². The maximum atomic E-state index is 14.2. The Morgan fingerprint density at radius 3 is 2.48 bits per heavy atom. The number of nitrogens with one attached hydrogen (secondary N) is 2. The van der Waals surface area contributed by atoms with Gasteiger partial charge in [-0.05, 0) is 49.2 Å². The summed E-state index contributed by atoms with van der Waals surface area (Å²) in [5.41, 5.74) is 2.01. The molecule has 0 atom stereocenters. The fraction of sp³-hybridized carbons (Fsp3) is 0.222. The van der Waals surface area contributed by atoms with E-state index in [1.807, 2.05) is 6.92 Å². The first kappa shape index (κ1) is 18.4. The molecule has 0 fully saturated rings. The summed E-state index contributed by atoms with van der Waals surface area (Å²) < 4.78 is 33.0. The number of fused-ring (bicyclic) bond motifs is 1. The predicted octanol–water partition coefficient (Wildman–Crippen LogP) is 4.70. The highest BCUT2D eigenvalue weighted by atomic mass is 19.1. The van der Waals surface area contributed by atoms with Gasteiger partial charge in [-0.25, -0.2) is 23.4 Å². The monoisotopic (exact) mass is 372 g/mol. The van der Waals surface area contributed by atoms with Crippen molar-refractivity contribution in [3.8, 4) is 0 Å². The van der Waals surface area contributed by atoms with Crippen LogP contribution >= 0.6 is 0 Å². The van der Waals surface area contributed by atoms with Gasteiger partial charge in [-0.1, -0.05) is 24.3 Å². The Labute approximate surface area is 154 Å². The lowest BCUT2D eigenvalue weighted by molar-refractivity contribution is 0.314. The maximum absolute atomic E-state index is 14.2. The lowest BCUT2D eigenvalue weighted by atomic mass is 10.0. The van der Waals surface area contributed by atoms with Gasteiger partial charge in [0.05, 0.1) is 11.4 Å². The number of halogens is 2. The third kappa shape index (κ3) is 4.25. The van der Waals surface area contributed by atoms with Gasteiger partial charge in [0.1, 0.15) is 11.7 Å². The molecule has 2 N–H and O–H groups in total. The molecule has 9 heteroatoms. The fourth-order valence-electron chi connectivity index (χ4n) is 2.40. The summed E-state index contributed by atoms with van der Waals surface area (Å²) in [6, 6.07) is 0. The summed E-state index contributed by atoms with van der Waals surface area (Å²) in [6.07, 6.45) is 3.86. The highest BCUT2D eigenvalue weighted by Gasteiger charge is 2.18. The van der Waals surface area contributed by atoms with Crippen LogP contribution in [-0.4, -0.2) is 20.3 Å². The fourth-order valence-corrected chi connectivity index (χ4v) is 2.40. The summed E-state index contributed by atoms with van der Waals surface area (Å²) in [5, 5.41) is 12.9. The number of nitrogens with zero attached hydrogens (tertiary/aromatic N) is 4. The Bertz CT molecular complexity index is 1020. The molecule has 1 aliphatic rings. The van der Waals surface area contributed by atoms with Crippen LogP contribution in [0.2, 0.25) is 0 Å². The van der Waals surface area contributed by atoms with Crippen LogP contribution in [0.3, 0.4) is 0 Å². The molecule has 140 valence electrons. The molecule has 0 saturated carbocycles. The molecule has 1 aliphatic carbocycles. The first-order valence-electron chi connectivity index (χ1n) is 8.15. The van der Waals surface area contributed by atoms with Crippen LogP contribution in [0.5, 0.6) is 0 Å². The quantitative estimate of drug-likeness (QED) is 0.710. The van der Waals surface area contributed by atoms with Crippen LogP contribution < -0.4 is 10.6 Å². The van der Waals surface area contributed by atoms with E-state index in [0.717, 1.165) is 5.57 Å². The lowest BCUT2D eigenvalue weighted by Crippen LogP contribution is -2.11. The van der Waals surface area contributed by atoms with E-state index in [0.29, 0.717) is 24.1 Å². The van der Waals surface area contributed by atoms with Gasteiger partial charge in [0, 0.05) is 0 Å². The van der Waals surface area contributed by atoms with Gasteiger partial charge in [0.25, 0.3) is 0 Å². The topological polar surface area (TPSA) is 88.8 Å². The van der Waals surface area contributed by atoms with Gasteiger partial charge in [-0.2, -0.15) is 0 Å². The second-order valence-electron chi connectivity index (χ2n) is 6.22. The molecule has 0 aromatic carbocycles. The highest BCUT2D eigenvalue weighted by molar-refractivity contribution is 5.75. The second-order valence-corrected chi connectivity index (χ2v) is 6.22. The minimum absolute atomic E-state index is 0.0556. The van der Waals surface area contributed by atoms with Crippen LogP contribution in [0.15, 0.2) is 64.1 Å². The first-order valence-corrected chi connectivity index (χ1v) is 8.15. The summed E-state index contributed by atoms with van der Waals surface area (Å²) in [7, 11) is 0. The smallest absolute Gasteiger partial charge is 0.245 e. The summed E-state index contributed by atoms with van der Waals surface area (Å²) in [6.45, 7) is 10.8. The minimum Gasteiger partial charge on any atom is -0.338 e. The van der Waals surface area contributed by atoms with Crippen molar-refractivity contribution >= 4 is 22.9 Å². The maximum Gasteiger partial charge on any atom is 0.245 e. The number of aromatic nitrogens is 4. The molecule has 2 aromatic heterocycles. The summed E-state index contributed by atoms with van der Waals surface area (Å²) >= 11 is 0. The molecule has 0 spiro atoms. The Morgan fingerprint density at radius 2 is 1.85 bits per heavy atom. The minimum atomic E-state index is -0.616. The van der Waals surface area contributed by atoms with Crippen LogP contribution in [-0.2, 0) is 0 Å². The Balaban J connectivity index is 1.96. The Hall–Kier alpha value is -3.36. The van der Waals surface area contributed by atoms with Gasteiger partial charge < -0.3 is 10.6 Å². The van der Waals surface area contributed by atoms with Gasteiger partial charge in [-0.3, -0.25) is 0 Å². The molecule has 27 heavy (non-hydrogen) atoms. The third-order valence-corrected chi connectivity index (χ3v) is 3.75. The number of allylic oxidation sites excluding steroid dienone is 7. The molecule has 7 nitrogen and oxygen atoms in total. The first-order chi connectivity index (χ1) is 12.8. The molecule has 0 saturated heterocycles. The number of rotatable bonds is 6. The van der Waals surface area contributed by atoms with Crippen LogP contribution in [0.1, 0.15) is 26.7 Å². The average molecular weight is 372 g/mol. The predicted molar refractivity (Wildman–Crippen MR) is 98.9 cm³/mol. The Morgan fingerprint density at radius 1 is 1.19 bits per heavy atom. The number of hydrogen-bond donors (Lipinski definition) is 2. The van der Waals surface area contributed by atoms with E-state index in [2.05, 4.69) is 48.7 Å². The van der Waals surface area contributed by atoms with E-state index in [-0.39, 0.29) is 28.6 Å². The molecular formula is C18H18F2N6O. The van der Waals surface area contributed by atoms with Crippen molar-refractivity contribution in [3.63, 3.8) is 0 Å². The van der Waals surface area contributed by atoms with E-state index in [1.165, 1.54) is 12.2 Å². The van der Waals surface area contributed by atoms with Crippen LogP contribution in [0.4, 0.5) is 20.4 Å². The Kier molecular flexibility index (Phi) is 5.11. The van der Waals surface area contributed by atoms with Crippen molar-refractivity contribution < 1.29 is 13.4 Å². The molecule has 2 heterocycles. The zero-order valence-electron chi connectivity index (χ0n) is 14.9. The number of anilines is 2. The molecule has 0 unspecified atom stereocenters. The van der Waals surface area contributed by atoms with E-state index in [1.54, 1.807) is 6.92 Å². The highest BCUT2D eigenvalue weighted by Crippen LogP contribution is 2.29.